The fourth-order valence-corrected chi connectivity index (χ4v) is 5.15. The van der Waals surface area contributed by atoms with Crippen molar-refractivity contribution in [2.75, 3.05) is 11.1 Å². The minimum absolute atomic E-state index is 0.121. The molecule has 1 heterocycles. The number of ether oxygens (including phenoxy) is 1. The quantitative estimate of drug-likeness (QED) is 0.197. The van der Waals surface area contributed by atoms with Gasteiger partial charge in [-0.15, -0.1) is 22.0 Å². The number of anilines is 1. The normalized spacial score (nSPS) is 10.7. The minimum atomic E-state index is -0.121. The van der Waals surface area contributed by atoms with E-state index in [4.69, 9.17) is 4.74 Å². The molecule has 0 radical (unpaired) electrons. The molecule has 37 heavy (non-hydrogen) atoms. The lowest BCUT2D eigenvalue weighted by atomic mass is 10.3. The molecule has 1 amide bonds. The first-order chi connectivity index (χ1) is 18.2. The Morgan fingerprint density at radius 2 is 1.35 bits per heavy atom. The van der Waals surface area contributed by atoms with Crippen molar-refractivity contribution in [3.63, 3.8) is 0 Å². The molecule has 6 nitrogen and oxygen atoms in total. The topological polar surface area (TPSA) is 69.0 Å². The van der Waals surface area contributed by atoms with Crippen molar-refractivity contribution >= 4 is 35.1 Å². The van der Waals surface area contributed by atoms with Gasteiger partial charge in [-0.1, -0.05) is 66.4 Å². The number of amides is 1. The number of carbonyl (C=O) groups excluding carboxylic acids is 1. The molecule has 0 aliphatic carbocycles. The summed E-state index contributed by atoms with van der Waals surface area (Å²) in [6, 6.07) is 37.1. The summed E-state index contributed by atoms with van der Waals surface area (Å²) in [5, 5.41) is 12.5. The SMILES string of the molecule is O=C(CSc1nnc(CSc2ccccc2)n1-c1ccccc1)Nc1ccc(Oc2ccccc2)cc1. The maximum absolute atomic E-state index is 12.7. The fourth-order valence-electron chi connectivity index (χ4n) is 3.55. The highest BCUT2D eigenvalue weighted by atomic mass is 32.2. The van der Waals surface area contributed by atoms with Crippen LogP contribution >= 0.6 is 23.5 Å². The minimum Gasteiger partial charge on any atom is -0.457 e. The number of hydrogen-bond donors (Lipinski definition) is 1. The van der Waals surface area contributed by atoms with Crippen LogP contribution in [0.25, 0.3) is 5.69 Å². The molecule has 0 saturated carbocycles. The van der Waals surface area contributed by atoms with Gasteiger partial charge in [0.2, 0.25) is 5.91 Å². The molecule has 0 fully saturated rings. The molecule has 184 valence electrons. The standard InChI is InChI=1S/C29H24N4O2S2/c34-28(30-22-16-18-25(19-17-22)35-24-12-6-2-7-13-24)21-37-29-32-31-27(20-36-26-14-8-3-9-15-26)33(29)23-10-4-1-5-11-23/h1-19H,20-21H2,(H,30,34). The van der Waals surface area contributed by atoms with Gasteiger partial charge in [-0.2, -0.15) is 0 Å². The van der Waals surface area contributed by atoms with E-state index in [1.807, 2.05) is 108 Å². The average molecular weight is 525 g/mol. The van der Waals surface area contributed by atoms with Crippen molar-refractivity contribution in [1.29, 1.82) is 0 Å². The van der Waals surface area contributed by atoms with Crippen LogP contribution in [0.2, 0.25) is 0 Å². The van der Waals surface area contributed by atoms with E-state index in [2.05, 4.69) is 27.6 Å². The van der Waals surface area contributed by atoms with Crippen molar-refractivity contribution in [2.45, 2.75) is 15.8 Å². The highest BCUT2D eigenvalue weighted by molar-refractivity contribution is 7.99. The third-order valence-corrected chi connectivity index (χ3v) is 7.21. The molecular weight excluding hydrogens is 500 g/mol. The monoisotopic (exact) mass is 524 g/mol. The summed E-state index contributed by atoms with van der Waals surface area (Å²) in [7, 11) is 0. The van der Waals surface area contributed by atoms with Gasteiger partial charge in [0.15, 0.2) is 5.16 Å². The Bertz CT molecular complexity index is 1430. The van der Waals surface area contributed by atoms with Gasteiger partial charge >= 0.3 is 0 Å². The average Bonchev–Trinajstić information content (AvgIpc) is 3.36. The van der Waals surface area contributed by atoms with Crippen molar-refractivity contribution in [2.24, 2.45) is 0 Å². The van der Waals surface area contributed by atoms with Crippen LogP contribution in [-0.4, -0.2) is 26.4 Å². The highest BCUT2D eigenvalue weighted by Crippen LogP contribution is 2.28. The third kappa shape index (κ3) is 6.81. The number of hydrogen-bond acceptors (Lipinski definition) is 6. The van der Waals surface area contributed by atoms with Crippen LogP contribution in [0.3, 0.4) is 0 Å². The van der Waals surface area contributed by atoms with Crippen molar-refractivity contribution in [1.82, 2.24) is 14.8 Å². The molecule has 0 saturated heterocycles. The van der Waals surface area contributed by atoms with Crippen LogP contribution in [0.1, 0.15) is 5.82 Å². The van der Waals surface area contributed by atoms with Crippen LogP contribution in [0.4, 0.5) is 5.69 Å². The van der Waals surface area contributed by atoms with Gasteiger partial charge in [0, 0.05) is 16.3 Å². The molecule has 1 aromatic heterocycles. The maximum atomic E-state index is 12.7. The number of aromatic nitrogens is 3. The Kier molecular flexibility index (Phi) is 8.20. The summed E-state index contributed by atoms with van der Waals surface area (Å²) in [5.41, 5.74) is 1.67. The summed E-state index contributed by atoms with van der Waals surface area (Å²) >= 11 is 3.06. The van der Waals surface area contributed by atoms with E-state index in [-0.39, 0.29) is 11.7 Å². The van der Waals surface area contributed by atoms with E-state index in [0.29, 0.717) is 22.3 Å². The summed E-state index contributed by atoms with van der Waals surface area (Å²) in [6.45, 7) is 0. The van der Waals surface area contributed by atoms with E-state index in [1.165, 1.54) is 16.7 Å². The number of nitrogens with one attached hydrogen (secondary N) is 1. The van der Waals surface area contributed by atoms with Crippen LogP contribution < -0.4 is 10.1 Å². The van der Waals surface area contributed by atoms with E-state index in [0.717, 1.165) is 17.3 Å². The molecule has 4 aromatic carbocycles. The van der Waals surface area contributed by atoms with E-state index < -0.39 is 0 Å². The molecule has 5 rings (SSSR count). The number of benzene rings is 4. The number of carbonyl (C=O) groups is 1. The van der Waals surface area contributed by atoms with Crippen LogP contribution in [0.15, 0.2) is 125 Å². The van der Waals surface area contributed by atoms with Gasteiger partial charge in [-0.3, -0.25) is 9.36 Å². The molecule has 0 bridgehead atoms. The van der Waals surface area contributed by atoms with Gasteiger partial charge in [0.1, 0.15) is 17.3 Å². The van der Waals surface area contributed by atoms with Crippen LogP contribution in [0, 0.1) is 0 Å². The second kappa shape index (κ2) is 12.3. The first kappa shape index (κ1) is 24.7. The molecule has 0 unspecified atom stereocenters. The molecule has 0 aliphatic rings. The lowest BCUT2D eigenvalue weighted by Gasteiger charge is -2.11. The smallest absolute Gasteiger partial charge is 0.234 e. The van der Waals surface area contributed by atoms with Crippen molar-refractivity contribution in [3.8, 4) is 17.2 Å². The predicted octanol–water partition coefficient (Wildman–Crippen LogP) is 7.08. The molecule has 0 atom stereocenters. The third-order valence-electron chi connectivity index (χ3n) is 5.28. The summed E-state index contributed by atoms with van der Waals surface area (Å²) in [4.78, 5) is 13.9. The van der Waals surface area contributed by atoms with Crippen molar-refractivity contribution < 1.29 is 9.53 Å². The number of para-hydroxylation sites is 2. The second-order valence-electron chi connectivity index (χ2n) is 7.95. The lowest BCUT2D eigenvalue weighted by molar-refractivity contribution is -0.113. The lowest BCUT2D eigenvalue weighted by Crippen LogP contribution is -2.14. The van der Waals surface area contributed by atoms with Gasteiger partial charge in [-0.05, 0) is 60.7 Å². The Balaban J connectivity index is 1.22. The van der Waals surface area contributed by atoms with E-state index >= 15 is 0 Å². The highest BCUT2D eigenvalue weighted by Gasteiger charge is 2.16. The van der Waals surface area contributed by atoms with Gasteiger partial charge in [0.25, 0.3) is 0 Å². The Labute approximate surface area is 224 Å². The zero-order chi connectivity index (χ0) is 25.3. The number of nitrogens with zero attached hydrogens (tertiary/aromatic N) is 3. The summed E-state index contributed by atoms with van der Waals surface area (Å²) < 4.78 is 7.83. The number of thioether (sulfide) groups is 2. The van der Waals surface area contributed by atoms with Gasteiger partial charge in [0.05, 0.1) is 11.5 Å². The Morgan fingerprint density at radius 3 is 2.05 bits per heavy atom. The Hall–Kier alpha value is -4.01. The largest absolute Gasteiger partial charge is 0.457 e. The van der Waals surface area contributed by atoms with Crippen molar-refractivity contribution in [3.05, 3.63) is 121 Å². The first-order valence-corrected chi connectivity index (χ1v) is 13.6. The predicted molar refractivity (Wildman–Crippen MR) is 150 cm³/mol. The zero-order valence-corrected chi connectivity index (χ0v) is 21.5. The maximum Gasteiger partial charge on any atom is 0.234 e. The van der Waals surface area contributed by atoms with Crippen LogP contribution in [0.5, 0.6) is 11.5 Å². The second-order valence-corrected chi connectivity index (χ2v) is 9.94. The summed E-state index contributed by atoms with van der Waals surface area (Å²) in [6.07, 6.45) is 0. The van der Waals surface area contributed by atoms with Gasteiger partial charge in [-0.25, -0.2) is 0 Å². The Morgan fingerprint density at radius 1 is 0.730 bits per heavy atom. The number of rotatable bonds is 10. The molecular formula is C29H24N4O2S2. The molecule has 8 heteroatoms. The molecule has 5 aromatic rings. The van der Waals surface area contributed by atoms with E-state index in [9.17, 15) is 4.79 Å². The van der Waals surface area contributed by atoms with Crippen LogP contribution in [-0.2, 0) is 10.5 Å². The molecule has 0 aliphatic heterocycles. The first-order valence-electron chi connectivity index (χ1n) is 11.7. The van der Waals surface area contributed by atoms with E-state index in [1.54, 1.807) is 11.8 Å². The fraction of sp³-hybridized carbons (Fsp3) is 0.0690. The summed E-state index contributed by atoms with van der Waals surface area (Å²) in [5.74, 6) is 3.05. The molecule has 0 spiro atoms. The molecule has 1 N–H and O–H groups in total. The van der Waals surface area contributed by atoms with Gasteiger partial charge < -0.3 is 10.1 Å². The zero-order valence-electron chi connectivity index (χ0n) is 19.9.